The zero-order chi connectivity index (χ0) is 21.9. The van der Waals surface area contributed by atoms with E-state index in [0.717, 1.165) is 30.2 Å². The largest absolute Gasteiger partial charge is 0.475 e. The first kappa shape index (κ1) is 22.5. The minimum Gasteiger partial charge on any atom is -0.475 e. The minimum atomic E-state index is -4.49. The Hall–Kier alpha value is -2.21. The molecule has 1 atom stereocenters. The van der Waals surface area contributed by atoms with Gasteiger partial charge < -0.3 is 19.5 Å². The lowest BCUT2D eigenvalue weighted by molar-refractivity contribution is -0.153. The molecule has 1 saturated carbocycles. The number of hydrogen-bond donors (Lipinski definition) is 1. The van der Waals surface area contributed by atoms with Crippen molar-refractivity contribution in [3.05, 3.63) is 11.9 Å². The normalized spacial score (nSPS) is 19.9. The number of pyridine rings is 1. The summed E-state index contributed by atoms with van der Waals surface area (Å²) in [5, 5.41) is 2.50. The Bertz CT molecular complexity index is 886. The summed E-state index contributed by atoms with van der Waals surface area (Å²) in [5.41, 5.74) is 0.104. The van der Waals surface area contributed by atoms with Crippen molar-refractivity contribution >= 4 is 27.6 Å². The number of alkyl halides is 3. The van der Waals surface area contributed by atoms with Crippen LogP contribution in [0.5, 0.6) is 11.1 Å². The predicted molar refractivity (Wildman–Crippen MR) is 100 cm³/mol. The van der Waals surface area contributed by atoms with Gasteiger partial charge in [-0.25, -0.2) is 9.37 Å². The van der Waals surface area contributed by atoms with Gasteiger partial charge in [-0.05, 0) is 25.7 Å². The van der Waals surface area contributed by atoms with Gasteiger partial charge in [0.15, 0.2) is 17.3 Å². The van der Waals surface area contributed by atoms with E-state index in [9.17, 15) is 22.4 Å². The van der Waals surface area contributed by atoms with Crippen LogP contribution in [0.15, 0.2) is 6.07 Å². The van der Waals surface area contributed by atoms with Crippen LogP contribution in [0.2, 0.25) is 0 Å². The maximum absolute atomic E-state index is 14.2. The van der Waals surface area contributed by atoms with Gasteiger partial charge in [0.05, 0.1) is 19.3 Å². The fourth-order valence-corrected chi connectivity index (χ4v) is 3.69. The van der Waals surface area contributed by atoms with Gasteiger partial charge in [-0.15, -0.1) is 0 Å². The zero-order valence-electron chi connectivity index (χ0n) is 16.3. The molecule has 0 radical (unpaired) electrons. The van der Waals surface area contributed by atoms with Gasteiger partial charge in [0.1, 0.15) is 5.52 Å². The van der Waals surface area contributed by atoms with Crippen molar-refractivity contribution in [2.24, 2.45) is 5.92 Å². The molecule has 0 saturated heterocycles. The lowest BCUT2D eigenvalue weighted by atomic mass is 9.83. The Morgan fingerprint density at radius 2 is 2.07 bits per heavy atom. The topological polar surface area (TPSA) is 82.6 Å². The fourth-order valence-electron chi connectivity index (χ4n) is 2.92. The van der Waals surface area contributed by atoms with E-state index >= 15 is 0 Å². The SMILES string of the molecule is CC(=O)N[C@@H](C)CO[C@H]1C[C@H](COc2nc3sc(OCC(F)(F)F)nc3cc2F)C1. The molecule has 0 aromatic carbocycles. The summed E-state index contributed by atoms with van der Waals surface area (Å²) in [7, 11) is 0. The highest BCUT2D eigenvalue weighted by Gasteiger charge is 2.31. The monoisotopic (exact) mass is 451 g/mol. The van der Waals surface area contributed by atoms with Crippen molar-refractivity contribution in [3.63, 3.8) is 0 Å². The number of hydrogen-bond acceptors (Lipinski definition) is 7. The van der Waals surface area contributed by atoms with Crippen LogP contribution >= 0.6 is 11.3 Å². The summed E-state index contributed by atoms with van der Waals surface area (Å²) in [4.78, 5) is 19.0. The molecule has 1 aliphatic rings. The smallest absolute Gasteiger partial charge is 0.422 e. The first-order chi connectivity index (χ1) is 14.1. The summed E-state index contributed by atoms with van der Waals surface area (Å²) in [6.45, 7) is 2.47. The summed E-state index contributed by atoms with van der Waals surface area (Å²) in [5.74, 6) is -0.906. The van der Waals surface area contributed by atoms with Crippen molar-refractivity contribution in [3.8, 4) is 11.1 Å². The van der Waals surface area contributed by atoms with Gasteiger partial charge in [0.2, 0.25) is 5.91 Å². The first-order valence-corrected chi connectivity index (χ1v) is 10.1. The molecule has 0 unspecified atom stereocenters. The second-order valence-corrected chi connectivity index (χ2v) is 8.13. The molecule has 1 aliphatic carbocycles. The van der Waals surface area contributed by atoms with Crippen LogP contribution in [0.4, 0.5) is 17.6 Å². The summed E-state index contributed by atoms with van der Waals surface area (Å²) < 4.78 is 66.6. The number of nitrogens with zero attached hydrogens (tertiary/aromatic N) is 2. The molecule has 2 heterocycles. The van der Waals surface area contributed by atoms with Crippen LogP contribution in [0.3, 0.4) is 0 Å². The first-order valence-electron chi connectivity index (χ1n) is 9.27. The van der Waals surface area contributed by atoms with Crippen LogP contribution in [-0.4, -0.2) is 54.0 Å². The number of halogens is 4. The lowest BCUT2D eigenvalue weighted by Gasteiger charge is -2.35. The Balaban J connectivity index is 1.46. The average Bonchev–Trinajstić information content (AvgIpc) is 2.98. The van der Waals surface area contributed by atoms with Crippen molar-refractivity contribution in [1.29, 1.82) is 0 Å². The van der Waals surface area contributed by atoms with Gasteiger partial charge >= 0.3 is 6.18 Å². The Morgan fingerprint density at radius 3 is 2.73 bits per heavy atom. The van der Waals surface area contributed by atoms with Crippen molar-refractivity contribution in [1.82, 2.24) is 15.3 Å². The van der Waals surface area contributed by atoms with Crippen molar-refractivity contribution < 1.29 is 36.6 Å². The van der Waals surface area contributed by atoms with E-state index in [4.69, 9.17) is 9.47 Å². The van der Waals surface area contributed by atoms with Gasteiger partial charge in [-0.2, -0.15) is 18.2 Å². The number of aromatic nitrogens is 2. The molecule has 0 spiro atoms. The van der Waals surface area contributed by atoms with E-state index in [1.807, 2.05) is 6.92 Å². The second kappa shape index (κ2) is 9.29. The number of thiazole rings is 1. The average molecular weight is 451 g/mol. The van der Waals surface area contributed by atoms with Crippen LogP contribution < -0.4 is 14.8 Å². The number of fused-ring (bicyclic) bond motifs is 1. The van der Waals surface area contributed by atoms with Gasteiger partial charge in [0.25, 0.3) is 11.1 Å². The van der Waals surface area contributed by atoms with Crippen LogP contribution in [0.25, 0.3) is 10.3 Å². The molecule has 2 aromatic rings. The molecule has 1 N–H and O–H groups in total. The molecule has 1 fully saturated rings. The van der Waals surface area contributed by atoms with Crippen LogP contribution in [0.1, 0.15) is 26.7 Å². The van der Waals surface area contributed by atoms with Crippen molar-refractivity contribution in [2.75, 3.05) is 19.8 Å². The van der Waals surface area contributed by atoms with Gasteiger partial charge in [-0.1, -0.05) is 11.3 Å². The van der Waals surface area contributed by atoms with Crippen LogP contribution in [-0.2, 0) is 9.53 Å². The molecule has 0 aliphatic heterocycles. The third kappa shape index (κ3) is 6.39. The highest BCUT2D eigenvalue weighted by molar-refractivity contribution is 7.19. The molecule has 1 amide bonds. The molecule has 3 rings (SSSR count). The standard InChI is InChI=1S/C18H21F4N3O4S/c1-9(23-10(2)26)6-27-12-3-11(4-12)7-28-15-13(19)5-14-16(25-15)30-17(24-14)29-8-18(20,21)22/h5,9,11-12H,3-4,6-8H2,1-2H3,(H,23,26)/t9-,11-,12-/m0/s1. The van der Waals surface area contributed by atoms with Crippen molar-refractivity contribution in [2.45, 2.75) is 45.0 Å². The van der Waals surface area contributed by atoms with E-state index in [1.165, 1.54) is 6.92 Å². The van der Waals surface area contributed by atoms with E-state index in [0.29, 0.717) is 6.61 Å². The van der Waals surface area contributed by atoms with E-state index in [2.05, 4.69) is 20.0 Å². The lowest BCUT2D eigenvalue weighted by Crippen LogP contribution is -2.40. The molecule has 12 heteroatoms. The Kier molecular flexibility index (Phi) is 6.96. The Labute approximate surface area is 173 Å². The summed E-state index contributed by atoms with van der Waals surface area (Å²) in [6, 6.07) is 0.984. The summed E-state index contributed by atoms with van der Waals surface area (Å²) >= 11 is 0.788. The van der Waals surface area contributed by atoms with Crippen LogP contribution in [0, 0.1) is 11.7 Å². The number of ether oxygens (including phenoxy) is 3. The molecule has 30 heavy (non-hydrogen) atoms. The zero-order valence-corrected chi connectivity index (χ0v) is 17.1. The molecule has 2 aromatic heterocycles. The van der Waals surface area contributed by atoms with Gasteiger partial charge in [0, 0.05) is 19.0 Å². The third-order valence-corrected chi connectivity index (χ3v) is 5.20. The quantitative estimate of drug-likeness (QED) is 0.588. The number of carbonyl (C=O) groups excluding carboxylic acids is 1. The molecule has 7 nitrogen and oxygen atoms in total. The minimum absolute atomic E-state index is 0.0601. The number of amides is 1. The predicted octanol–water partition coefficient (Wildman–Crippen LogP) is 3.47. The molecular formula is C18H21F4N3O4S. The number of rotatable bonds is 9. The maximum Gasteiger partial charge on any atom is 0.422 e. The Morgan fingerprint density at radius 1 is 1.33 bits per heavy atom. The molecule has 0 bridgehead atoms. The van der Waals surface area contributed by atoms with Gasteiger partial charge in [-0.3, -0.25) is 4.79 Å². The number of carbonyl (C=O) groups is 1. The maximum atomic E-state index is 14.2. The molecule has 166 valence electrons. The van der Waals surface area contributed by atoms with E-state index < -0.39 is 18.6 Å². The second-order valence-electron chi connectivity index (χ2n) is 7.19. The van der Waals surface area contributed by atoms with E-state index in [-0.39, 0.29) is 52.0 Å². The highest BCUT2D eigenvalue weighted by atomic mass is 32.1. The summed E-state index contributed by atoms with van der Waals surface area (Å²) in [6.07, 6.45) is -2.94. The number of nitrogens with one attached hydrogen (secondary N) is 1. The third-order valence-electron chi connectivity index (χ3n) is 4.32. The van der Waals surface area contributed by atoms with E-state index in [1.54, 1.807) is 0 Å². The molecular weight excluding hydrogens is 430 g/mol. The highest BCUT2D eigenvalue weighted by Crippen LogP contribution is 2.33. The fraction of sp³-hybridized carbons (Fsp3) is 0.611.